The Morgan fingerprint density at radius 1 is 1.00 bits per heavy atom. The maximum absolute atomic E-state index is 13.4. The molecule has 2 amide bonds. The van der Waals surface area contributed by atoms with Gasteiger partial charge in [0, 0.05) is 35.5 Å². The van der Waals surface area contributed by atoms with Gasteiger partial charge in [0.1, 0.15) is 0 Å². The summed E-state index contributed by atoms with van der Waals surface area (Å²) in [6.07, 6.45) is 2.50. The fraction of sp³-hybridized carbons (Fsp3) is 0.250. The van der Waals surface area contributed by atoms with Crippen LogP contribution < -0.4 is 10.6 Å². The van der Waals surface area contributed by atoms with Crippen LogP contribution in [0.25, 0.3) is 0 Å². The summed E-state index contributed by atoms with van der Waals surface area (Å²) in [5, 5.41) is 6.82. The summed E-state index contributed by atoms with van der Waals surface area (Å²) >= 11 is 12.5. The Balaban J connectivity index is 1.48. The van der Waals surface area contributed by atoms with Gasteiger partial charge in [-0.15, -0.1) is 0 Å². The van der Waals surface area contributed by atoms with E-state index in [-0.39, 0.29) is 17.6 Å². The minimum absolute atomic E-state index is 0.116. The van der Waals surface area contributed by atoms with Gasteiger partial charge in [0.25, 0.3) is 5.91 Å². The van der Waals surface area contributed by atoms with E-state index in [1.165, 1.54) is 6.26 Å². The number of rotatable bonds is 6. The number of carbonyl (C=O) groups excluding carboxylic acids is 2. The molecule has 0 aliphatic carbocycles. The monoisotopic (exact) mass is 472 g/mol. The van der Waals surface area contributed by atoms with E-state index in [0.29, 0.717) is 48.3 Å². The van der Waals surface area contributed by atoms with Gasteiger partial charge in [-0.05, 0) is 60.4 Å². The van der Waals surface area contributed by atoms with Gasteiger partial charge in [0.15, 0.2) is 5.76 Å². The number of amides is 2. The van der Waals surface area contributed by atoms with Crippen LogP contribution >= 0.6 is 23.2 Å². The van der Waals surface area contributed by atoms with Crippen molar-refractivity contribution in [3.05, 3.63) is 87.8 Å². The molecule has 8 heteroatoms. The third-order valence-electron chi connectivity index (χ3n) is 5.61. The van der Waals surface area contributed by atoms with Crippen LogP contribution in [0, 0.1) is 0 Å². The first-order chi connectivity index (χ1) is 15.5. The van der Waals surface area contributed by atoms with E-state index < -0.39 is 5.41 Å². The molecule has 3 aromatic rings. The molecule has 32 heavy (non-hydrogen) atoms. The van der Waals surface area contributed by atoms with Gasteiger partial charge in [0.05, 0.1) is 11.7 Å². The molecule has 6 nitrogen and oxygen atoms in total. The van der Waals surface area contributed by atoms with E-state index in [4.69, 9.17) is 32.4 Å². The number of hydrogen-bond donors (Lipinski definition) is 2. The second-order valence-electron chi connectivity index (χ2n) is 7.63. The standard InChI is InChI=1S/C24H22Cl2N2O4/c25-17-6-7-19(20(26)14-17)24(8-11-31-12-9-24)23(30)27-15-16-3-1-4-18(13-16)28-22(29)21-5-2-10-32-21/h1-7,10,13-14H,8-9,11-12,15H2,(H,27,30)(H,28,29). The van der Waals surface area contributed by atoms with E-state index in [1.54, 1.807) is 30.3 Å². The molecule has 166 valence electrons. The van der Waals surface area contributed by atoms with Gasteiger partial charge in [-0.3, -0.25) is 9.59 Å². The maximum Gasteiger partial charge on any atom is 0.291 e. The molecule has 2 heterocycles. The number of carbonyl (C=O) groups is 2. The summed E-state index contributed by atoms with van der Waals surface area (Å²) in [6.45, 7) is 1.25. The van der Waals surface area contributed by atoms with Crippen LogP contribution in [0.4, 0.5) is 5.69 Å². The third-order valence-corrected chi connectivity index (χ3v) is 6.16. The van der Waals surface area contributed by atoms with Crippen molar-refractivity contribution in [2.75, 3.05) is 18.5 Å². The van der Waals surface area contributed by atoms with Crippen LogP contribution in [-0.4, -0.2) is 25.0 Å². The fourth-order valence-corrected chi connectivity index (χ4v) is 4.52. The molecule has 4 rings (SSSR count). The minimum Gasteiger partial charge on any atom is -0.459 e. The number of hydrogen-bond acceptors (Lipinski definition) is 4. The highest BCUT2D eigenvalue weighted by Gasteiger charge is 2.42. The van der Waals surface area contributed by atoms with Crippen molar-refractivity contribution in [2.45, 2.75) is 24.8 Å². The predicted octanol–water partition coefficient (Wildman–Crippen LogP) is 5.20. The molecule has 1 aliphatic rings. The molecule has 2 N–H and O–H groups in total. The molecule has 1 aliphatic heterocycles. The normalized spacial score (nSPS) is 15.2. The smallest absolute Gasteiger partial charge is 0.291 e. The zero-order valence-corrected chi connectivity index (χ0v) is 18.7. The largest absolute Gasteiger partial charge is 0.459 e. The predicted molar refractivity (Wildman–Crippen MR) is 123 cm³/mol. The van der Waals surface area contributed by atoms with E-state index in [0.717, 1.165) is 11.1 Å². The van der Waals surface area contributed by atoms with Gasteiger partial charge in [-0.2, -0.15) is 0 Å². The summed E-state index contributed by atoms with van der Waals surface area (Å²) < 4.78 is 10.6. The van der Waals surface area contributed by atoms with Gasteiger partial charge in [0.2, 0.25) is 5.91 Å². The zero-order chi connectivity index (χ0) is 22.6. The van der Waals surface area contributed by atoms with E-state index in [1.807, 2.05) is 24.3 Å². The first kappa shape index (κ1) is 22.4. The molecule has 2 aromatic carbocycles. The third kappa shape index (κ3) is 4.83. The summed E-state index contributed by atoms with van der Waals surface area (Å²) in [5.74, 6) is -0.227. The minimum atomic E-state index is -0.787. The van der Waals surface area contributed by atoms with Crippen molar-refractivity contribution >= 4 is 40.7 Å². The lowest BCUT2D eigenvalue weighted by Crippen LogP contribution is -2.48. The summed E-state index contributed by atoms with van der Waals surface area (Å²) in [4.78, 5) is 25.6. The van der Waals surface area contributed by atoms with Crippen LogP contribution in [-0.2, 0) is 21.5 Å². The Labute approximate surface area is 195 Å². The SMILES string of the molecule is O=C(Nc1cccc(CNC(=O)C2(c3ccc(Cl)cc3Cl)CCOCC2)c1)c1ccco1. The Bertz CT molecular complexity index is 1110. The number of furan rings is 1. The highest BCUT2D eigenvalue weighted by atomic mass is 35.5. The highest BCUT2D eigenvalue weighted by Crippen LogP contribution is 2.40. The second kappa shape index (κ2) is 9.77. The lowest BCUT2D eigenvalue weighted by atomic mass is 9.73. The fourth-order valence-electron chi connectivity index (χ4n) is 3.93. The summed E-state index contributed by atoms with van der Waals surface area (Å²) in [7, 11) is 0. The summed E-state index contributed by atoms with van der Waals surface area (Å²) in [5.41, 5.74) is 1.42. The van der Waals surface area contributed by atoms with Crippen LogP contribution in [0.5, 0.6) is 0 Å². The maximum atomic E-state index is 13.4. The second-order valence-corrected chi connectivity index (χ2v) is 8.48. The van der Waals surface area contributed by atoms with Crippen LogP contribution in [0.2, 0.25) is 10.0 Å². The van der Waals surface area contributed by atoms with Gasteiger partial charge >= 0.3 is 0 Å². The summed E-state index contributed by atoms with van der Waals surface area (Å²) in [6, 6.07) is 15.8. The van der Waals surface area contributed by atoms with Gasteiger partial charge in [-0.25, -0.2) is 0 Å². The number of ether oxygens (including phenoxy) is 1. The number of benzene rings is 2. The first-order valence-electron chi connectivity index (χ1n) is 10.2. The van der Waals surface area contributed by atoms with E-state index in [9.17, 15) is 9.59 Å². The van der Waals surface area contributed by atoms with Crippen molar-refractivity contribution in [3.63, 3.8) is 0 Å². The molecule has 0 bridgehead atoms. The van der Waals surface area contributed by atoms with Crippen molar-refractivity contribution in [1.82, 2.24) is 5.32 Å². The molecule has 1 fully saturated rings. The molecule has 0 atom stereocenters. The molecule has 1 aromatic heterocycles. The topological polar surface area (TPSA) is 80.6 Å². The number of halogens is 2. The van der Waals surface area contributed by atoms with Crippen LogP contribution in [0.3, 0.4) is 0 Å². The Morgan fingerprint density at radius 2 is 1.81 bits per heavy atom. The first-order valence-corrected chi connectivity index (χ1v) is 11.0. The molecule has 0 radical (unpaired) electrons. The van der Waals surface area contributed by atoms with Crippen LogP contribution in [0.1, 0.15) is 34.5 Å². The molecule has 1 saturated heterocycles. The van der Waals surface area contributed by atoms with Crippen molar-refractivity contribution in [1.29, 1.82) is 0 Å². The Morgan fingerprint density at radius 3 is 2.53 bits per heavy atom. The number of nitrogens with one attached hydrogen (secondary N) is 2. The molecule has 0 spiro atoms. The lowest BCUT2D eigenvalue weighted by molar-refractivity contribution is -0.130. The van der Waals surface area contributed by atoms with E-state index >= 15 is 0 Å². The average Bonchev–Trinajstić information content (AvgIpc) is 3.33. The lowest BCUT2D eigenvalue weighted by Gasteiger charge is -2.37. The quantitative estimate of drug-likeness (QED) is 0.516. The zero-order valence-electron chi connectivity index (χ0n) is 17.2. The average molecular weight is 473 g/mol. The van der Waals surface area contributed by atoms with Crippen molar-refractivity contribution in [2.24, 2.45) is 0 Å². The molecule has 0 unspecified atom stereocenters. The molecular formula is C24H22Cl2N2O4. The number of anilines is 1. The van der Waals surface area contributed by atoms with Crippen LogP contribution in [0.15, 0.2) is 65.3 Å². The highest BCUT2D eigenvalue weighted by molar-refractivity contribution is 6.35. The van der Waals surface area contributed by atoms with Gasteiger partial charge < -0.3 is 19.8 Å². The van der Waals surface area contributed by atoms with Crippen molar-refractivity contribution < 1.29 is 18.7 Å². The molecule has 0 saturated carbocycles. The Hall–Kier alpha value is -2.80. The van der Waals surface area contributed by atoms with Gasteiger partial charge in [-0.1, -0.05) is 41.4 Å². The Kier molecular flexibility index (Phi) is 6.84. The molecular weight excluding hydrogens is 451 g/mol. The van der Waals surface area contributed by atoms with Crippen molar-refractivity contribution in [3.8, 4) is 0 Å². The van der Waals surface area contributed by atoms with E-state index in [2.05, 4.69) is 10.6 Å².